The summed E-state index contributed by atoms with van der Waals surface area (Å²) in [5.74, 6) is -3.31. The molecule has 3 unspecified atom stereocenters. The van der Waals surface area contributed by atoms with Gasteiger partial charge in [-0.1, -0.05) is 24.6 Å². The van der Waals surface area contributed by atoms with E-state index >= 15 is 0 Å². The molecule has 2 saturated carbocycles. The standard InChI is InChI=1S/C20H24F2N2O2/c21-20(22)10-8-16(20)23-17(25)15-7-4-9-19(15)11-12-24(13-19)18(26)14-5-2-1-3-6-14/h1-3,5-6,15-16H,4,7-13H2,(H,23,25). The van der Waals surface area contributed by atoms with Gasteiger partial charge in [0, 0.05) is 36.4 Å². The highest BCUT2D eigenvalue weighted by Gasteiger charge is 2.54. The third-order valence-electron chi connectivity index (χ3n) is 6.51. The van der Waals surface area contributed by atoms with Gasteiger partial charge in [-0.25, -0.2) is 8.78 Å². The summed E-state index contributed by atoms with van der Waals surface area (Å²) in [7, 11) is 0. The minimum atomic E-state index is -2.77. The molecule has 1 aromatic rings. The van der Waals surface area contributed by atoms with Crippen molar-refractivity contribution in [3.8, 4) is 0 Å². The zero-order chi connectivity index (χ0) is 18.4. The minimum Gasteiger partial charge on any atom is -0.347 e. The van der Waals surface area contributed by atoms with Crippen molar-refractivity contribution in [3.63, 3.8) is 0 Å². The van der Waals surface area contributed by atoms with Gasteiger partial charge >= 0.3 is 0 Å². The van der Waals surface area contributed by atoms with E-state index in [2.05, 4.69) is 5.32 Å². The third kappa shape index (κ3) is 2.89. The van der Waals surface area contributed by atoms with E-state index in [0.29, 0.717) is 25.1 Å². The lowest BCUT2D eigenvalue weighted by atomic mass is 9.76. The van der Waals surface area contributed by atoms with Crippen LogP contribution < -0.4 is 5.32 Å². The van der Waals surface area contributed by atoms with E-state index in [1.807, 2.05) is 23.1 Å². The van der Waals surface area contributed by atoms with Gasteiger partial charge in [-0.2, -0.15) is 0 Å². The molecule has 3 aliphatic rings. The van der Waals surface area contributed by atoms with Crippen LogP contribution in [0.15, 0.2) is 30.3 Å². The zero-order valence-electron chi connectivity index (χ0n) is 14.7. The number of rotatable bonds is 3. The number of benzene rings is 1. The van der Waals surface area contributed by atoms with Crippen LogP contribution in [-0.2, 0) is 4.79 Å². The van der Waals surface area contributed by atoms with Crippen LogP contribution in [0.5, 0.6) is 0 Å². The maximum atomic E-state index is 13.5. The van der Waals surface area contributed by atoms with Gasteiger partial charge in [0.1, 0.15) is 0 Å². The largest absolute Gasteiger partial charge is 0.347 e. The first-order chi connectivity index (χ1) is 12.4. The average Bonchev–Trinajstić information content (AvgIpc) is 3.26. The van der Waals surface area contributed by atoms with Gasteiger partial charge in [0.05, 0.1) is 6.04 Å². The molecule has 26 heavy (non-hydrogen) atoms. The van der Waals surface area contributed by atoms with Crippen molar-refractivity contribution in [3.05, 3.63) is 35.9 Å². The van der Waals surface area contributed by atoms with Crippen LogP contribution >= 0.6 is 0 Å². The maximum Gasteiger partial charge on any atom is 0.267 e. The molecule has 0 bridgehead atoms. The molecule has 6 heteroatoms. The maximum absolute atomic E-state index is 13.5. The molecule has 2 aliphatic carbocycles. The van der Waals surface area contributed by atoms with E-state index in [9.17, 15) is 18.4 Å². The highest BCUT2D eigenvalue weighted by molar-refractivity contribution is 5.94. The van der Waals surface area contributed by atoms with Crippen LogP contribution in [0.2, 0.25) is 0 Å². The molecule has 3 atom stereocenters. The highest BCUT2D eigenvalue weighted by atomic mass is 19.3. The van der Waals surface area contributed by atoms with Crippen LogP contribution in [0.3, 0.4) is 0 Å². The summed E-state index contributed by atoms with van der Waals surface area (Å²) in [5, 5.41) is 2.58. The zero-order valence-corrected chi connectivity index (χ0v) is 14.7. The van der Waals surface area contributed by atoms with Crippen molar-refractivity contribution in [1.29, 1.82) is 0 Å². The molecule has 1 heterocycles. The number of hydrogen-bond acceptors (Lipinski definition) is 2. The summed E-state index contributed by atoms with van der Waals surface area (Å²) < 4.78 is 27.0. The first-order valence-corrected chi connectivity index (χ1v) is 9.44. The van der Waals surface area contributed by atoms with Crippen molar-refractivity contribution < 1.29 is 18.4 Å². The smallest absolute Gasteiger partial charge is 0.267 e. The molecule has 0 radical (unpaired) electrons. The lowest BCUT2D eigenvalue weighted by Crippen LogP contribution is -2.57. The number of hydrogen-bond donors (Lipinski definition) is 1. The Morgan fingerprint density at radius 3 is 2.50 bits per heavy atom. The minimum absolute atomic E-state index is 0.0148. The number of nitrogens with one attached hydrogen (secondary N) is 1. The van der Waals surface area contributed by atoms with Gasteiger partial charge in [-0.3, -0.25) is 9.59 Å². The average molecular weight is 362 g/mol. The Balaban J connectivity index is 1.44. The number of alkyl halides is 2. The predicted molar refractivity (Wildman–Crippen MR) is 92.8 cm³/mol. The second-order valence-electron chi connectivity index (χ2n) is 8.01. The Bertz CT molecular complexity index is 709. The Morgan fingerprint density at radius 2 is 1.85 bits per heavy atom. The fourth-order valence-electron chi connectivity index (χ4n) is 4.83. The molecule has 4 nitrogen and oxygen atoms in total. The molecule has 1 N–H and O–H groups in total. The van der Waals surface area contributed by atoms with E-state index < -0.39 is 12.0 Å². The van der Waals surface area contributed by atoms with Crippen LogP contribution in [0.25, 0.3) is 0 Å². The van der Waals surface area contributed by atoms with Crippen LogP contribution in [-0.4, -0.2) is 41.8 Å². The van der Waals surface area contributed by atoms with Crippen molar-refractivity contribution in [1.82, 2.24) is 10.2 Å². The van der Waals surface area contributed by atoms with Gasteiger partial charge < -0.3 is 10.2 Å². The van der Waals surface area contributed by atoms with Gasteiger partial charge in [0.25, 0.3) is 11.8 Å². The number of carbonyl (C=O) groups is 2. The Labute approximate surface area is 151 Å². The Morgan fingerprint density at radius 1 is 1.08 bits per heavy atom. The van der Waals surface area contributed by atoms with Crippen molar-refractivity contribution in [2.45, 2.75) is 50.5 Å². The fraction of sp³-hybridized carbons (Fsp3) is 0.600. The molecule has 1 spiro atoms. The Hall–Kier alpha value is -1.98. The fourth-order valence-corrected chi connectivity index (χ4v) is 4.83. The van der Waals surface area contributed by atoms with Crippen LogP contribution in [0.4, 0.5) is 8.78 Å². The van der Waals surface area contributed by atoms with E-state index in [-0.39, 0.29) is 29.6 Å². The van der Waals surface area contributed by atoms with E-state index in [1.165, 1.54) is 0 Å². The van der Waals surface area contributed by atoms with Gasteiger partial charge in [0.15, 0.2) is 0 Å². The number of likely N-dealkylation sites (tertiary alicyclic amines) is 1. The molecule has 2 amide bonds. The lowest BCUT2D eigenvalue weighted by Gasteiger charge is -2.39. The summed E-state index contributed by atoms with van der Waals surface area (Å²) in [6.45, 7) is 1.16. The SMILES string of the molecule is O=C(NC1CCC1(F)F)C1CCCC12CCN(C(=O)c1ccccc1)C2. The summed E-state index contributed by atoms with van der Waals surface area (Å²) in [5.41, 5.74) is 0.394. The number of halogens is 2. The molecule has 140 valence electrons. The first-order valence-electron chi connectivity index (χ1n) is 9.44. The van der Waals surface area contributed by atoms with Gasteiger partial charge in [0.2, 0.25) is 5.91 Å². The lowest BCUT2D eigenvalue weighted by molar-refractivity contribution is -0.142. The second kappa shape index (κ2) is 6.32. The number of amides is 2. The molecule has 3 fully saturated rings. The van der Waals surface area contributed by atoms with Gasteiger partial charge in [-0.05, 0) is 37.8 Å². The first kappa shape index (κ1) is 17.4. The Kier molecular flexibility index (Phi) is 4.24. The summed E-state index contributed by atoms with van der Waals surface area (Å²) in [4.78, 5) is 27.2. The molecule has 1 aliphatic heterocycles. The monoisotopic (exact) mass is 362 g/mol. The molecule has 0 aromatic heterocycles. The number of nitrogens with zero attached hydrogens (tertiary/aromatic N) is 1. The number of carbonyl (C=O) groups excluding carboxylic acids is 2. The predicted octanol–water partition coefficient (Wildman–Crippen LogP) is 3.23. The highest BCUT2D eigenvalue weighted by Crippen LogP contribution is 2.50. The van der Waals surface area contributed by atoms with Crippen molar-refractivity contribution in [2.24, 2.45) is 11.3 Å². The summed E-state index contributed by atoms with van der Waals surface area (Å²) in [6.07, 6.45) is 3.48. The molecule has 1 saturated heterocycles. The normalized spacial score (nSPS) is 32.5. The topological polar surface area (TPSA) is 49.4 Å². The van der Waals surface area contributed by atoms with Gasteiger partial charge in [-0.15, -0.1) is 0 Å². The molecular weight excluding hydrogens is 338 g/mol. The van der Waals surface area contributed by atoms with Crippen molar-refractivity contribution >= 4 is 11.8 Å². The summed E-state index contributed by atoms with van der Waals surface area (Å²) in [6, 6.07) is 8.12. The van der Waals surface area contributed by atoms with Crippen LogP contribution in [0.1, 0.15) is 48.9 Å². The third-order valence-corrected chi connectivity index (χ3v) is 6.51. The molecule has 1 aromatic carbocycles. The molecular formula is C20H24F2N2O2. The van der Waals surface area contributed by atoms with E-state index in [1.54, 1.807) is 12.1 Å². The second-order valence-corrected chi connectivity index (χ2v) is 8.01. The summed E-state index contributed by atoms with van der Waals surface area (Å²) >= 11 is 0. The quantitative estimate of drug-likeness (QED) is 0.897. The van der Waals surface area contributed by atoms with Crippen molar-refractivity contribution in [2.75, 3.05) is 13.1 Å². The molecule has 4 rings (SSSR count). The van der Waals surface area contributed by atoms with Crippen LogP contribution in [0, 0.1) is 11.3 Å². The van der Waals surface area contributed by atoms with E-state index in [0.717, 1.165) is 25.7 Å². The van der Waals surface area contributed by atoms with E-state index in [4.69, 9.17) is 0 Å².